The molecule has 3 N–H and O–H groups in total. The van der Waals surface area contributed by atoms with Crippen molar-refractivity contribution in [2.45, 2.75) is 18.4 Å². The van der Waals surface area contributed by atoms with Crippen LogP contribution in [0.15, 0.2) is 35.6 Å². The van der Waals surface area contributed by atoms with Crippen LogP contribution in [0, 0.1) is 18.2 Å². The number of alkyl halides is 2. The van der Waals surface area contributed by atoms with E-state index in [2.05, 4.69) is 30.9 Å². The van der Waals surface area contributed by atoms with Crippen LogP contribution in [-0.4, -0.2) is 41.0 Å². The van der Waals surface area contributed by atoms with Gasteiger partial charge < -0.3 is 20.5 Å². The van der Waals surface area contributed by atoms with Crippen molar-refractivity contribution in [1.29, 1.82) is 0 Å². The van der Waals surface area contributed by atoms with E-state index >= 15 is 0 Å². The highest BCUT2D eigenvalue weighted by atomic mass is 19.3. The minimum absolute atomic E-state index is 0.0139. The van der Waals surface area contributed by atoms with Crippen LogP contribution in [-0.2, 0) is 10.3 Å². The van der Waals surface area contributed by atoms with Crippen molar-refractivity contribution >= 4 is 17.6 Å². The summed E-state index contributed by atoms with van der Waals surface area (Å²) in [5.74, 6) is -2.80. The zero-order chi connectivity index (χ0) is 21.9. The van der Waals surface area contributed by atoms with Gasteiger partial charge in [-0.25, -0.2) is 19.4 Å². The van der Waals surface area contributed by atoms with Gasteiger partial charge in [0, 0.05) is 11.3 Å². The third-order valence-electron chi connectivity index (χ3n) is 4.36. The highest BCUT2D eigenvalue weighted by Crippen LogP contribution is 2.44. The Bertz CT molecular complexity index is 1040. The van der Waals surface area contributed by atoms with E-state index < -0.39 is 41.4 Å². The first-order valence-corrected chi connectivity index (χ1v) is 8.52. The molecule has 1 aliphatic rings. The number of ether oxygens (including phenoxy) is 2. The van der Waals surface area contributed by atoms with Crippen molar-refractivity contribution in [3.8, 4) is 18.2 Å². The number of aromatic nitrogens is 2. The van der Waals surface area contributed by atoms with Crippen LogP contribution < -0.4 is 15.8 Å². The summed E-state index contributed by atoms with van der Waals surface area (Å²) in [4.78, 5) is 23.8. The van der Waals surface area contributed by atoms with Crippen LogP contribution in [0.5, 0.6) is 5.88 Å². The molecule has 2 aromatic rings. The summed E-state index contributed by atoms with van der Waals surface area (Å²) in [6.45, 7) is -0.0364. The van der Waals surface area contributed by atoms with Crippen LogP contribution in [0.25, 0.3) is 0 Å². The molecule has 0 bridgehead atoms. The Morgan fingerprint density at radius 2 is 2.17 bits per heavy atom. The van der Waals surface area contributed by atoms with Gasteiger partial charge in [-0.15, -0.1) is 6.42 Å². The number of hydrogen-bond donors (Lipinski definition) is 2. The van der Waals surface area contributed by atoms with Crippen molar-refractivity contribution in [1.82, 2.24) is 9.97 Å². The molecule has 0 fully saturated rings. The number of anilines is 1. The number of carbonyl (C=O) groups excluding carboxylic acids is 1. The molecule has 1 amide bonds. The van der Waals surface area contributed by atoms with Crippen molar-refractivity contribution in [3.63, 3.8) is 0 Å². The standard InChI is InChI=1S/C19H16F3N5O3/c1-3-6-29-15-9-24-14(8-25-15)16(28)26-11-4-5-13(20)12(7-11)18(2)19(21,22)10-30-17(23)27-18/h1,4-5,7-9H,6,10H2,2H3,(H2,23,27)(H,26,28). The molecule has 30 heavy (non-hydrogen) atoms. The van der Waals surface area contributed by atoms with Crippen molar-refractivity contribution in [2.75, 3.05) is 18.5 Å². The highest BCUT2D eigenvalue weighted by molar-refractivity contribution is 6.02. The molecule has 3 rings (SSSR count). The Balaban J connectivity index is 1.86. The monoisotopic (exact) mass is 419 g/mol. The second kappa shape index (κ2) is 7.90. The predicted molar refractivity (Wildman–Crippen MR) is 101 cm³/mol. The number of halogens is 3. The van der Waals surface area contributed by atoms with Crippen LogP contribution in [0.1, 0.15) is 23.0 Å². The summed E-state index contributed by atoms with van der Waals surface area (Å²) < 4.78 is 53.1. The molecule has 0 aliphatic carbocycles. The summed E-state index contributed by atoms with van der Waals surface area (Å²) in [5.41, 5.74) is 2.60. The largest absolute Gasteiger partial charge is 0.463 e. The number of nitrogens with zero attached hydrogens (tertiary/aromatic N) is 3. The van der Waals surface area contributed by atoms with Crippen molar-refractivity contribution in [3.05, 3.63) is 47.7 Å². The smallest absolute Gasteiger partial charge is 0.310 e. The predicted octanol–water partition coefficient (Wildman–Crippen LogP) is 2.08. The van der Waals surface area contributed by atoms with Gasteiger partial charge in [0.25, 0.3) is 11.9 Å². The zero-order valence-corrected chi connectivity index (χ0v) is 15.7. The lowest BCUT2D eigenvalue weighted by Gasteiger charge is -2.37. The third-order valence-corrected chi connectivity index (χ3v) is 4.36. The number of rotatable bonds is 5. The molecule has 0 saturated heterocycles. The maximum atomic E-state index is 14.5. The quantitative estimate of drug-likeness (QED) is 0.718. The average molecular weight is 419 g/mol. The van der Waals surface area contributed by atoms with Crippen LogP contribution in [0.3, 0.4) is 0 Å². The molecule has 1 aromatic heterocycles. The number of hydrogen-bond acceptors (Lipinski definition) is 7. The number of carbonyl (C=O) groups is 1. The second-order valence-corrected chi connectivity index (χ2v) is 6.40. The van der Waals surface area contributed by atoms with E-state index in [0.29, 0.717) is 0 Å². The minimum Gasteiger partial charge on any atom is -0.463 e. The molecule has 8 nitrogen and oxygen atoms in total. The lowest BCUT2D eigenvalue weighted by atomic mass is 9.85. The molecule has 1 unspecified atom stereocenters. The number of aliphatic imine (C=N–C) groups is 1. The van der Waals surface area contributed by atoms with E-state index in [0.717, 1.165) is 25.3 Å². The first-order chi connectivity index (χ1) is 14.2. The molecule has 1 aromatic carbocycles. The van der Waals surface area contributed by atoms with E-state index in [-0.39, 0.29) is 23.9 Å². The Morgan fingerprint density at radius 3 is 2.83 bits per heavy atom. The summed E-state index contributed by atoms with van der Waals surface area (Å²) in [6, 6.07) is 2.72. The van der Waals surface area contributed by atoms with E-state index in [1.807, 2.05) is 0 Å². The van der Waals surface area contributed by atoms with E-state index in [1.54, 1.807) is 0 Å². The van der Waals surface area contributed by atoms with Gasteiger partial charge in [-0.3, -0.25) is 4.79 Å². The molecule has 2 heterocycles. The van der Waals surface area contributed by atoms with Crippen molar-refractivity contribution in [2.24, 2.45) is 10.7 Å². The summed E-state index contributed by atoms with van der Waals surface area (Å²) in [6.07, 6.45) is 7.41. The SMILES string of the molecule is C#CCOc1cnc(C(=O)Nc2ccc(F)c(C3(C)N=C(N)OCC3(F)F)c2)cn1. The number of nitrogens with two attached hydrogens (primary N) is 1. The molecular weight excluding hydrogens is 403 g/mol. The van der Waals surface area contributed by atoms with Crippen LogP contribution in [0.2, 0.25) is 0 Å². The fourth-order valence-electron chi connectivity index (χ4n) is 2.69. The molecule has 0 saturated carbocycles. The van der Waals surface area contributed by atoms with Crippen LogP contribution >= 0.6 is 0 Å². The topological polar surface area (TPSA) is 112 Å². The maximum Gasteiger partial charge on any atom is 0.310 e. The van der Waals surface area contributed by atoms with E-state index in [1.165, 1.54) is 12.3 Å². The van der Waals surface area contributed by atoms with Gasteiger partial charge in [-0.1, -0.05) is 5.92 Å². The third kappa shape index (κ3) is 3.98. The van der Waals surface area contributed by atoms with Gasteiger partial charge in [0.2, 0.25) is 5.88 Å². The normalized spacial score (nSPS) is 19.8. The molecule has 156 valence electrons. The number of terminal acetylenes is 1. The number of amides is 1. The van der Waals surface area contributed by atoms with Gasteiger partial charge in [-0.05, 0) is 25.1 Å². The maximum absolute atomic E-state index is 14.5. The van der Waals surface area contributed by atoms with Crippen molar-refractivity contribution < 1.29 is 27.4 Å². The van der Waals surface area contributed by atoms with Gasteiger partial charge >= 0.3 is 5.92 Å². The lowest BCUT2D eigenvalue weighted by Crippen LogP contribution is -2.51. The fraction of sp³-hybridized carbons (Fsp3) is 0.263. The number of nitrogens with one attached hydrogen (secondary N) is 1. The first kappa shape index (κ1) is 20.9. The molecule has 11 heteroatoms. The Kier molecular flexibility index (Phi) is 5.51. The summed E-state index contributed by atoms with van der Waals surface area (Å²) in [5, 5.41) is 2.45. The fourth-order valence-corrected chi connectivity index (χ4v) is 2.69. The van der Waals surface area contributed by atoms with Crippen LogP contribution in [0.4, 0.5) is 18.9 Å². The van der Waals surface area contributed by atoms with E-state index in [4.69, 9.17) is 16.9 Å². The number of benzene rings is 1. The first-order valence-electron chi connectivity index (χ1n) is 8.52. The number of amidine groups is 1. The highest BCUT2D eigenvalue weighted by Gasteiger charge is 2.56. The molecule has 1 aliphatic heterocycles. The lowest BCUT2D eigenvalue weighted by molar-refractivity contribution is -0.117. The zero-order valence-electron chi connectivity index (χ0n) is 15.7. The van der Waals surface area contributed by atoms with E-state index in [9.17, 15) is 18.0 Å². The average Bonchev–Trinajstić information content (AvgIpc) is 2.71. The Morgan fingerprint density at radius 1 is 1.40 bits per heavy atom. The minimum atomic E-state index is -3.54. The molecule has 0 radical (unpaired) electrons. The van der Waals surface area contributed by atoms with Gasteiger partial charge in [0.15, 0.2) is 18.8 Å². The summed E-state index contributed by atoms with van der Waals surface area (Å²) >= 11 is 0. The second-order valence-electron chi connectivity index (χ2n) is 6.40. The summed E-state index contributed by atoms with van der Waals surface area (Å²) in [7, 11) is 0. The molecular formula is C19H16F3N5O3. The van der Waals surface area contributed by atoms with Gasteiger partial charge in [0.1, 0.15) is 11.5 Å². The molecule has 1 atom stereocenters. The Labute approximate surface area is 169 Å². The molecule has 0 spiro atoms. The Hall–Kier alpha value is -3.81. The van der Waals surface area contributed by atoms with Gasteiger partial charge in [0.05, 0.1) is 12.4 Å². The van der Waals surface area contributed by atoms with Gasteiger partial charge in [-0.2, -0.15) is 8.78 Å².